The van der Waals surface area contributed by atoms with Crippen LogP contribution in [0.3, 0.4) is 0 Å². The highest BCUT2D eigenvalue weighted by Gasteiger charge is 1.98. The molecule has 0 atom stereocenters. The predicted molar refractivity (Wildman–Crippen MR) is 174 cm³/mol. The minimum absolute atomic E-state index is 0.332. The van der Waals surface area contributed by atoms with Gasteiger partial charge in [0.05, 0.1) is 0 Å². The zero-order valence-electron chi connectivity index (χ0n) is 27.1. The first-order chi connectivity index (χ1) is 19.5. The second kappa shape index (κ2) is 37.7. The summed E-state index contributed by atoms with van der Waals surface area (Å²) in [6.07, 6.45) is 41.4. The van der Waals surface area contributed by atoms with E-state index < -0.39 is 11.9 Å². The Bertz CT molecular complexity index is 529. The summed E-state index contributed by atoms with van der Waals surface area (Å²) in [5.41, 5.74) is 0. The maximum absolute atomic E-state index is 10.3. The Kier molecular flexibility index (Phi) is 38.5. The lowest BCUT2D eigenvalue weighted by Gasteiger charge is -2.03. The molecule has 0 amide bonds. The van der Waals surface area contributed by atoms with Gasteiger partial charge in [0.1, 0.15) is 0 Å². The minimum atomic E-state index is -0.664. The Balaban J connectivity index is 0. The van der Waals surface area contributed by atoms with Crippen LogP contribution in [0.2, 0.25) is 0 Å². The Labute approximate surface area is 250 Å². The molecule has 0 radical (unpaired) electrons. The fraction of sp³-hybridized carbons (Fsp3) is 0.889. The van der Waals surface area contributed by atoms with Crippen LogP contribution >= 0.6 is 0 Å². The van der Waals surface area contributed by atoms with Crippen LogP contribution in [0.1, 0.15) is 206 Å². The van der Waals surface area contributed by atoms with Gasteiger partial charge >= 0.3 is 11.9 Å². The number of rotatable bonds is 31. The molecule has 4 heteroatoms. The van der Waals surface area contributed by atoms with E-state index in [2.05, 4.69) is 26.0 Å². The summed E-state index contributed by atoms with van der Waals surface area (Å²) < 4.78 is 0. The summed E-state index contributed by atoms with van der Waals surface area (Å²) in [6, 6.07) is 0. The van der Waals surface area contributed by atoms with Crippen LogP contribution in [0.15, 0.2) is 12.2 Å². The highest BCUT2D eigenvalue weighted by molar-refractivity contribution is 5.66. The van der Waals surface area contributed by atoms with Crippen LogP contribution in [-0.2, 0) is 9.59 Å². The molecule has 0 bridgehead atoms. The summed E-state index contributed by atoms with van der Waals surface area (Å²) >= 11 is 0. The van der Waals surface area contributed by atoms with Crippen LogP contribution in [-0.4, -0.2) is 22.2 Å². The summed E-state index contributed by atoms with van der Waals surface area (Å²) in [7, 11) is 0. The van der Waals surface area contributed by atoms with Crippen molar-refractivity contribution >= 4 is 11.9 Å². The van der Waals surface area contributed by atoms with Crippen molar-refractivity contribution in [3.63, 3.8) is 0 Å². The molecule has 0 aliphatic rings. The summed E-state index contributed by atoms with van der Waals surface area (Å²) in [4.78, 5) is 20.7. The third kappa shape index (κ3) is 43.7. The Morgan fingerprint density at radius 1 is 0.375 bits per heavy atom. The van der Waals surface area contributed by atoms with E-state index in [0.29, 0.717) is 12.8 Å². The molecule has 0 saturated carbocycles. The van der Waals surface area contributed by atoms with Crippen molar-refractivity contribution in [2.24, 2.45) is 0 Å². The molecule has 0 aliphatic heterocycles. The van der Waals surface area contributed by atoms with Gasteiger partial charge < -0.3 is 10.2 Å². The molecule has 4 nitrogen and oxygen atoms in total. The Morgan fingerprint density at radius 2 is 0.600 bits per heavy atom. The van der Waals surface area contributed by atoms with Gasteiger partial charge in [-0.15, -0.1) is 0 Å². The quantitative estimate of drug-likeness (QED) is 0.0646. The van der Waals surface area contributed by atoms with E-state index in [0.717, 1.165) is 25.7 Å². The van der Waals surface area contributed by atoms with E-state index in [9.17, 15) is 9.59 Å². The second-order valence-corrected chi connectivity index (χ2v) is 11.8. The van der Waals surface area contributed by atoms with Gasteiger partial charge in [-0.25, -0.2) is 0 Å². The van der Waals surface area contributed by atoms with E-state index in [1.165, 1.54) is 154 Å². The highest BCUT2D eigenvalue weighted by atomic mass is 16.4. The third-order valence-corrected chi connectivity index (χ3v) is 7.65. The lowest BCUT2D eigenvalue weighted by atomic mass is 10.0. The molecular formula is C36H70O4. The maximum Gasteiger partial charge on any atom is 0.303 e. The summed E-state index contributed by atoms with van der Waals surface area (Å²) in [5.74, 6) is -1.32. The van der Waals surface area contributed by atoms with Gasteiger partial charge in [0.25, 0.3) is 0 Å². The average Bonchev–Trinajstić information content (AvgIpc) is 2.93. The lowest BCUT2D eigenvalue weighted by molar-refractivity contribution is -0.138. The van der Waals surface area contributed by atoms with Crippen molar-refractivity contribution < 1.29 is 19.8 Å². The third-order valence-electron chi connectivity index (χ3n) is 7.65. The van der Waals surface area contributed by atoms with E-state index in [1.807, 2.05) is 0 Å². The molecule has 40 heavy (non-hydrogen) atoms. The number of carboxylic acid groups (broad SMARTS) is 2. The number of carbonyl (C=O) groups is 2. The first-order valence-corrected chi connectivity index (χ1v) is 17.6. The zero-order valence-corrected chi connectivity index (χ0v) is 27.1. The van der Waals surface area contributed by atoms with Crippen LogP contribution in [0.5, 0.6) is 0 Å². The molecule has 238 valence electrons. The van der Waals surface area contributed by atoms with Crippen LogP contribution in [0.4, 0.5) is 0 Å². The van der Waals surface area contributed by atoms with Gasteiger partial charge in [0.15, 0.2) is 0 Å². The largest absolute Gasteiger partial charge is 0.481 e. The van der Waals surface area contributed by atoms with Crippen LogP contribution < -0.4 is 0 Å². The molecule has 2 N–H and O–H groups in total. The van der Waals surface area contributed by atoms with Crippen molar-refractivity contribution in [2.45, 2.75) is 206 Å². The first-order valence-electron chi connectivity index (χ1n) is 17.6. The van der Waals surface area contributed by atoms with Crippen LogP contribution in [0.25, 0.3) is 0 Å². The van der Waals surface area contributed by atoms with E-state index in [1.54, 1.807) is 0 Å². The minimum Gasteiger partial charge on any atom is -0.481 e. The van der Waals surface area contributed by atoms with Gasteiger partial charge in [-0.3, -0.25) is 9.59 Å². The van der Waals surface area contributed by atoms with Gasteiger partial charge in [0.2, 0.25) is 0 Å². The SMILES string of the molecule is CCCCCCCC/C=C\CCCCCCCC(=O)O.CCCCCCCCCCCCCCCCCC(=O)O. The van der Waals surface area contributed by atoms with E-state index >= 15 is 0 Å². The fourth-order valence-electron chi connectivity index (χ4n) is 4.99. The van der Waals surface area contributed by atoms with E-state index in [-0.39, 0.29) is 0 Å². The van der Waals surface area contributed by atoms with Crippen molar-refractivity contribution in [2.75, 3.05) is 0 Å². The molecule has 0 saturated heterocycles. The van der Waals surface area contributed by atoms with Crippen molar-refractivity contribution in [1.82, 2.24) is 0 Å². The van der Waals surface area contributed by atoms with Gasteiger partial charge in [-0.05, 0) is 38.5 Å². The predicted octanol–water partition coefficient (Wildman–Crippen LogP) is 12.4. The molecule has 0 aromatic rings. The topological polar surface area (TPSA) is 74.6 Å². The second-order valence-electron chi connectivity index (χ2n) is 11.8. The first kappa shape index (κ1) is 40.8. The van der Waals surface area contributed by atoms with Gasteiger partial charge in [-0.2, -0.15) is 0 Å². The summed E-state index contributed by atoms with van der Waals surface area (Å²) in [6.45, 7) is 4.53. The zero-order chi connectivity index (χ0) is 29.8. The standard InChI is InChI=1S/C18H36O2.C18H34O2/c2*1-2-3-4-5-6-7-8-9-10-11-12-13-14-15-16-17-18(19)20/h2-17H2,1H3,(H,19,20);9-10H,2-8,11-17H2,1H3,(H,19,20)/b;10-9-. The highest BCUT2D eigenvalue weighted by Crippen LogP contribution is 2.14. The Morgan fingerprint density at radius 3 is 0.850 bits per heavy atom. The maximum atomic E-state index is 10.3. The molecule has 0 unspecified atom stereocenters. The lowest BCUT2D eigenvalue weighted by Crippen LogP contribution is -1.93. The fourth-order valence-corrected chi connectivity index (χ4v) is 4.99. The number of unbranched alkanes of at least 4 members (excludes halogenated alkanes) is 25. The van der Waals surface area contributed by atoms with Crippen LogP contribution in [0, 0.1) is 0 Å². The smallest absolute Gasteiger partial charge is 0.303 e. The molecule has 0 spiro atoms. The number of hydrogen-bond donors (Lipinski definition) is 2. The van der Waals surface area contributed by atoms with Gasteiger partial charge in [0, 0.05) is 12.8 Å². The van der Waals surface area contributed by atoms with E-state index in [4.69, 9.17) is 10.2 Å². The van der Waals surface area contributed by atoms with Crippen molar-refractivity contribution in [3.8, 4) is 0 Å². The number of allylic oxidation sites excluding steroid dienone is 2. The van der Waals surface area contributed by atoms with Gasteiger partial charge in [-0.1, -0.05) is 167 Å². The molecule has 0 aromatic carbocycles. The molecule has 0 rings (SSSR count). The molecule has 0 heterocycles. The summed E-state index contributed by atoms with van der Waals surface area (Å²) in [5, 5.41) is 17.0. The van der Waals surface area contributed by atoms with Crippen molar-refractivity contribution in [3.05, 3.63) is 12.2 Å². The molecule has 0 fully saturated rings. The number of hydrogen-bond acceptors (Lipinski definition) is 2. The molecule has 0 aromatic heterocycles. The Hall–Kier alpha value is -1.32. The molecule has 0 aliphatic carbocycles. The number of aliphatic carboxylic acids is 2. The monoisotopic (exact) mass is 567 g/mol. The van der Waals surface area contributed by atoms with Crippen molar-refractivity contribution in [1.29, 1.82) is 0 Å². The molecular weight excluding hydrogens is 496 g/mol. The normalized spacial score (nSPS) is 11.1. The number of carboxylic acids is 2. The average molecular weight is 567 g/mol.